The largest absolute Gasteiger partial charge is 0.461 e. The number of benzene rings is 1. The zero-order chi connectivity index (χ0) is 21.0. The molecule has 1 aromatic carbocycles. The molecule has 6 rings (SSSR count). The van der Waals surface area contributed by atoms with Crippen molar-refractivity contribution in [2.75, 3.05) is 0 Å². The molecular formula is C26H32O4. The number of hydrogen-bond donors (Lipinski definition) is 0. The molecule has 1 aromatic heterocycles. The second-order valence-corrected chi connectivity index (χ2v) is 10.7. The zero-order valence-corrected chi connectivity index (χ0v) is 18.3. The number of carbonyl (C=O) groups is 1. The summed E-state index contributed by atoms with van der Waals surface area (Å²) < 4.78 is 11.2. The van der Waals surface area contributed by atoms with E-state index in [0.717, 1.165) is 34.3 Å². The van der Waals surface area contributed by atoms with E-state index in [1.807, 2.05) is 13.0 Å². The predicted molar refractivity (Wildman–Crippen MR) is 116 cm³/mol. The molecule has 4 fully saturated rings. The van der Waals surface area contributed by atoms with Gasteiger partial charge >= 0.3 is 11.6 Å². The number of fused-ring (bicyclic) bond motifs is 1. The van der Waals surface area contributed by atoms with Gasteiger partial charge in [-0.15, -0.1) is 0 Å². The van der Waals surface area contributed by atoms with Crippen LogP contribution in [-0.4, -0.2) is 5.97 Å². The van der Waals surface area contributed by atoms with Gasteiger partial charge in [-0.05, 0) is 97.8 Å². The molecule has 4 aliphatic rings. The maximum absolute atomic E-state index is 12.8. The van der Waals surface area contributed by atoms with E-state index < -0.39 is 5.63 Å². The van der Waals surface area contributed by atoms with Crippen LogP contribution in [0.3, 0.4) is 0 Å². The van der Waals surface area contributed by atoms with E-state index in [4.69, 9.17) is 9.15 Å². The van der Waals surface area contributed by atoms with E-state index in [1.165, 1.54) is 50.2 Å². The molecule has 0 atom stereocenters. The van der Waals surface area contributed by atoms with Crippen molar-refractivity contribution >= 4 is 16.9 Å². The minimum absolute atomic E-state index is 0.116. The zero-order valence-electron chi connectivity index (χ0n) is 18.3. The third kappa shape index (κ3) is 3.59. The van der Waals surface area contributed by atoms with Crippen molar-refractivity contribution in [2.45, 2.75) is 78.2 Å². The van der Waals surface area contributed by atoms with E-state index in [0.29, 0.717) is 17.9 Å². The highest BCUT2D eigenvalue weighted by Crippen LogP contribution is 2.61. The smallest absolute Gasteiger partial charge is 0.336 e. The summed E-state index contributed by atoms with van der Waals surface area (Å²) in [6.07, 6.45) is 8.24. The maximum atomic E-state index is 12.8. The Bertz CT molecular complexity index is 1010. The molecule has 4 bridgehead atoms. The van der Waals surface area contributed by atoms with Gasteiger partial charge < -0.3 is 9.15 Å². The summed E-state index contributed by atoms with van der Waals surface area (Å²) >= 11 is 0. The molecule has 0 spiro atoms. The number of ether oxygens (including phenoxy) is 1. The number of rotatable bonds is 5. The average molecular weight is 409 g/mol. The molecule has 0 aliphatic heterocycles. The van der Waals surface area contributed by atoms with Gasteiger partial charge in [0.05, 0.1) is 6.42 Å². The third-order valence-electron chi connectivity index (χ3n) is 7.91. The van der Waals surface area contributed by atoms with Crippen LogP contribution in [0.5, 0.6) is 0 Å². The van der Waals surface area contributed by atoms with Crippen LogP contribution in [0.2, 0.25) is 0 Å². The first-order chi connectivity index (χ1) is 14.3. The highest BCUT2D eigenvalue weighted by atomic mass is 16.5. The standard InChI is InChI=1S/C26H32O4/c1-15(2)21-9-22-20(8-24(27)30-23(22)4-16(21)3)14-29-25(28)13-26-10-17-5-18(11-26)7-19(6-17)12-26/h4,8-9,15,17-19H,5-7,10-14H2,1-3H3. The summed E-state index contributed by atoms with van der Waals surface area (Å²) in [6, 6.07) is 5.48. The van der Waals surface area contributed by atoms with Gasteiger partial charge in [0.15, 0.2) is 0 Å². The van der Waals surface area contributed by atoms with E-state index in [2.05, 4.69) is 19.9 Å². The molecule has 0 N–H and O–H groups in total. The van der Waals surface area contributed by atoms with Crippen LogP contribution >= 0.6 is 0 Å². The fourth-order valence-electron chi connectivity index (χ4n) is 7.15. The lowest BCUT2D eigenvalue weighted by molar-refractivity contribution is -0.153. The van der Waals surface area contributed by atoms with Gasteiger partial charge in [-0.2, -0.15) is 0 Å². The summed E-state index contributed by atoms with van der Waals surface area (Å²) in [7, 11) is 0. The van der Waals surface area contributed by atoms with Crippen LogP contribution in [0.25, 0.3) is 11.0 Å². The Morgan fingerprint density at radius 3 is 2.33 bits per heavy atom. The van der Waals surface area contributed by atoms with Crippen molar-refractivity contribution in [3.63, 3.8) is 0 Å². The highest BCUT2D eigenvalue weighted by Gasteiger charge is 2.51. The van der Waals surface area contributed by atoms with Crippen LogP contribution < -0.4 is 5.63 Å². The molecule has 4 heteroatoms. The number of hydrogen-bond acceptors (Lipinski definition) is 4. The number of esters is 1. The molecule has 0 amide bonds. The quantitative estimate of drug-likeness (QED) is 0.458. The first kappa shape index (κ1) is 19.8. The van der Waals surface area contributed by atoms with Gasteiger partial charge in [0.2, 0.25) is 0 Å². The van der Waals surface area contributed by atoms with Crippen molar-refractivity contribution in [3.05, 3.63) is 45.3 Å². The molecule has 0 radical (unpaired) electrons. The lowest BCUT2D eigenvalue weighted by Gasteiger charge is -2.56. The first-order valence-corrected chi connectivity index (χ1v) is 11.5. The summed E-state index contributed by atoms with van der Waals surface area (Å²) in [5, 5.41) is 0.867. The fraction of sp³-hybridized carbons (Fsp3) is 0.615. The monoisotopic (exact) mass is 408 g/mol. The topological polar surface area (TPSA) is 56.5 Å². The predicted octanol–water partition coefficient (Wildman–Crippen LogP) is 5.87. The lowest BCUT2D eigenvalue weighted by Crippen LogP contribution is -2.47. The first-order valence-electron chi connectivity index (χ1n) is 11.5. The Kier molecular flexibility index (Phi) is 4.79. The van der Waals surface area contributed by atoms with Crippen LogP contribution in [-0.2, 0) is 16.1 Å². The number of aryl methyl sites for hydroxylation is 1. The Morgan fingerprint density at radius 2 is 1.73 bits per heavy atom. The third-order valence-corrected chi connectivity index (χ3v) is 7.91. The molecule has 0 unspecified atom stereocenters. The second kappa shape index (κ2) is 7.25. The van der Waals surface area contributed by atoms with E-state index >= 15 is 0 Å². The SMILES string of the molecule is Cc1cc2oc(=O)cc(COC(=O)CC34CC5CC(CC(C5)C3)C4)c2cc1C(C)C. The van der Waals surface area contributed by atoms with Crippen LogP contribution in [0.1, 0.15) is 81.4 Å². The summed E-state index contributed by atoms with van der Waals surface area (Å²) in [4.78, 5) is 24.9. The molecule has 4 nitrogen and oxygen atoms in total. The van der Waals surface area contributed by atoms with E-state index in [9.17, 15) is 9.59 Å². The molecule has 30 heavy (non-hydrogen) atoms. The summed E-state index contributed by atoms with van der Waals surface area (Å²) in [5.74, 6) is 2.72. The van der Waals surface area contributed by atoms with Crippen LogP contribution in [0.4, 0.5) is 0 Å². The number of carbonyl (C=O) groups excluding carboxylic acids is 1. The van der Waals surface area contributed by atoms with Gasteiger partial charge in [0.1, 0.15) is 12.2 Å². The van der Waals surface area contributed by atoms with Crippen molar-refractivity contribution < 1.29 is 13.9 Å². The minimum atomic E-state index is -0.397. The maximum Gasteiger partial charge on any atom is 0.336 e. The Labute approximate surface area is 178 Å². The Hall–Kier alpha value is -2.10. The van der Waals surface area contributed by atoms with Gasteiger partial charge in [-0.1, -0.05) is 13.8 Å². The normalized spacial score (nSPS) is 29.7. The van der Waals surface area contributed by atoms with Gasteiger partial charge in [0, 0.05) is 17.0 Å². The molecule has 4 saturated carbocycles. The average Bonchev–Trinajstić information content (AvgIpc) is 2.63. The van der Waals surface area contributed by atoms with Crippen LogP contribution in [0.15, 0.2) is 27.4 Å². The summed E-state index contributed by atoms with van der Waals surface area (Å²) in [5.41, 5.74) is 3.41. The van der Waals surface area contributed by atoms with E-state index in [1.54, 1.807) is 0 Å². The molecule has 2 aromatic rings. The molecule has 0 saturated heterocycles. The highest BCUT2D eigenvalue weighted by molar-refractivity contribution is 5.82. The lowest BCUT2D eigenvalue weighted by atomic mass is 9.49. The van der Waals surface area contributed by atoms with Gasteiger partial charge in [-0.25, -0.2) is 4.79 Å². The summed E-state index contributed by atoms with van der Waals surface area (Å²) in [6.45, 7) is 6.47. The Balaban J connectivity index is 1.34. The molecule has 160 valence electrons. The van der Waals surface area contributed by atoms with Gasteiger partial charge in [-0.3, -0.25) is 4.79 Å². The second-order valence-electron chi connectivity index (χ2n) is 10.7. The van der Waals surface area contributed by atoms with Crippen molar-refractivity contribution in [1.29, 1.82) is 0 Å². The van der Waals surface area contributed by atoms with E-state index in [-0.39, 0.29) is 18.0 Å². The fourth-order valence-corrected chi connectivity index (χ4v) is 7.15. The van der Waals surface area contributed by atoms with Crippen molar-refractivity contribution in [3.8, 4) is 0 Å². The molecule has 4 aliphatic carbocycles. The molecule has 1 heterocycles. The van der Waals surface area contributed by atoms with Crippen LogP contribution in [0, 0.1) is 30.1 Å². The molecular weight excluding hydrogens is 376 g/mol. The Morgan fingerprint density at radius 1 is 1.10 bits per heavy atom. The minimum Gasteiger partial charge on any atom is -0.461 e. The van der Waals surface area contributed by atoms with Crippen molar-refractivity contribution in [1.82, 2.24) is 0 Å². The van der Waals surface area contributed by atoms with Crippen molar-refractivity contribution in [2.24, 2.45) is 23.2 Å². The van der Waals surface area contributed by atoms with Gasteiger partial charge in [0.25, 0.3) is 0 Å².